The third kappa shape index (κ3) is 4.68. The summed E-state index contributed by atoms with van der Waals surface area (Å²) in [5.74, 6) is 0.236. The highest BCUT2D eigenvalue weighted by Crippen LogP contribution is 2.21. The lowest BCUT2D eigenvalue weighted by Gasteiger charge is -2.07. The lowest BCUT2D eigenvalue weighted by molar-refractivity contribution is 0.102. The molecule has 0 unspecified atom stereocenters. The number of hydrogen-bond acceptors (Lipinski definition) is 8. The molecular weight excluding hydrogens is 438 g/mol. The van der Waals surface area contributed by atoms with Crippen molar-refractivity contribution in [2.24, 2.45) is 0 Å². The number of hydrogen-bond donors (Lipinski definition) is 2. The second kappa shape index (κ2) is 8.76. The Morgan fingerprint density at radius 1 is 1.06 bits per heavy atom. The number of carbonyl (C=O) groups is 1. The van der Waals surface area contributed by atoms with Gasteiger partial charge in [-0.25, -0.2) is 13.1 Å². The highest BCUT2D eigenvalue weighted by molar-refractivity contribution is 7.89. The zero-order valence-corrected chi connectivity index (χ0v) is 17.9. The number of anilines is 1. The number of ether oxygens (including phenoxy) is 1. The van der Waals surface area contributed by atoms with E-state index in [0.29, 0.717) is 22.0 Å². The molecule has 9 nitrogen and oxygen atoms in total. The molecule has 0 aliphatic rings. The first-order chi connectivity index (χ1) is 15.0. The van der Waals surface area contributed by atoms with Gasteiger partial charge in [-0.2, -0.15) is 0 Å². The molecule has 4 rings (SSSR count). The normalized spacial score (nSPS) is 11.4. The number of methoxy groups -OCH3 is 1. The maximum Gasteiger partial charge on any atom is 0.286 e. The molecule has 0 saturated carbocycles. The van der Waals surface area contributed by atoms with Gasteiger partial charge in [0.2, 0.25) is 15.0 Å². The first-order valence-corrected chi connectivity index (χ1v) is 11.4. The number of nitrogens with zero attached hydrogens (tertiary/aromatic N) is 3. The number of para-hydroxylation sites is 1. The molecule has 2 N–H and O–H groups in total. The van der Waals surface area contributed by atoms with Crippen molar-refractivity contribution in [1.82, 2.24) is 19.9 Å². The fourth-order valence-electron chi connectivity index (χ4n) is 2.80. The van der Waals surface area contributed by atoms with Crippen LogP contribution in [0.5, 0.6) is 5.75 Å². The molecule has 2 aromatic carbocycles. The van der Waals surface area contributed by atoms with Gasteiger partial charge in [0.1, 0.15) is 15.7 Å². The Balaban J connectivity index is 1.44. The van der Waals surface area contributed by atoms with E-state index in [9.17, 15) is 13.2 Å². The molecule has 2 aromatic heterocycles. The monoisotopic (exact) mass is 455 g/mol. The van der Waals surface area contributed by atoms with Crippen molar-refractivity contribution in [2.75, 3.05) is 12.4 Å². The molecule has 0 aliphatic heterocycles. The van der Waals surface area contributed by atoms with Gasteiger partial charge in [0, 0.05) is 17.3 Å². The molecule has 31 heavy (non-hydrogen) atoms. The van der Waals surface area contributed by atoms with E-state index in [1.165, 1.54) is 6.07 Å². The molecule has 0 spiro atoms. The summed E-state index contributed by atoms with van der Waals surface area (Å²) in [6, 6.07) is 15.3. The molecule has 11 heteroatoms. The van der Waals surface area contributed by atoms with Gasteiger partial charge >= 0.3 is 0 Å². The predicted molar refractivity (Wildman–Crippen MR) is 117 cm³/mol. The zero-order chi connectivity index (χ0) is 21.8. The van der Waals surface area contributed by atoms with Crippen molar-refractivity contribution in [1.29, 1.82) is 0 Å². The van der Waals surface area contributed by atoms with Gasteiger partial charge in [0.05, 0.1) is 19.2 Å². The fourth-order valence-corrected chi connectivity index (χ4v) is 4.73. The highest BCUT2D eigenvalue weighted by Gasteiger charge is 2.20. The van der Waals surface area contributed by atoms with Crippen LogP contribution < -0.4 is 14.8 Å². The van der Waals surface area contributed by atoms with Crippen molar-refractivity contribution in [3.8, 4) is 5.75 Å². The summed E-state index contributed by atoms with van der Waals surface area (Å²) in [6.07, 6.45) is 1.54. The first kappa shape index (κ1) is 20.8. The predicted octanol–water partition coefficient (Wildman–Crippen LogP) is 2.83. The van der Waals surface area contributed by atoms with Crippen LogP contribution in [0.3, 0.4) is 0 Å². The van der Waals surface area contributed by atoms with E-state index in [0.717, 1.165) is 16.7 Å². The third-order valence-electron chi connectivity index (χ3n) is 4.31. The Hall–Kier alpha value is -3.41. The standard InChI is InChI=1S/C20H17N5O4S2/c1-29-15-9-7-14(8-10-15)23-19(26)20-25-24-17(30-20)12-22-31(27,28)16-6-2-4-13-5-3-11-21-18(13)16/h2-11,22H,12H2,1H3,(H,23,26). The average Bonchev–Trinajstić information content (AvgIpc) is 3.27. The van der Waals surface area contributed by atoms with Crippen LogP contribution in [-0.2, 0) is 16.6 Å². The topological polar surface area (TPSA) is 123 Å². The number of amides is 1. The van der Waals surface area contributed by atoms with Crippen molar-refractivity contribution in [3.63, 3.8) is 0 Å². The Bertz CT molecular complexity index is 1330. The summed E-state index contributed by atoms with van der Waals surface area (Å²) in [5.41, 5.74) is 0.959. The second-order valence-electron chi connectivity index (χ2n) is 6.34. The van der Waals surface area contributed by atoms with Crippen LogP contribution in [0.15, 0.2) is 65.7 Å². The summed E-state index contributed by atoms with van der Waals surface area (Å²) in [7, 11) is -2.28. The quantitative estimate of drug-likeness (QED) is 0.439. The summed E-state index contributed by atoms with van der Waals surface area (Å²) < 4.78 is 33.1. The van der Waals surface area contributed by atoms with E-state index in [2.05, 4.69) is 25.2 Å². The Morgan fingerprint density at radius 2 is 1.84 bits per heavy atom. The summed E-state index contributed by atoms with van der Waals surface area (Å²) in [4.78, 5) is 16.6. The van der Waals surface area contributed by atoms with Gasteiger partial charge in [-0.05, 0) is 36.4 Å². The SMILES string of the molecule is COc1ccc(NC(=O)c2nnc(CNS(=O)(=O)c3cccc4cccnc34)s2)cc1. The molecule has 4 aromatic rings. The molecule has 0 fully saturated rings. The smallest absolute Gasteiger partial charge is 0.286 e. The number of fused-ring (bicyclic) bond motifs is 1. The van der Waals surface area contributed by atoms with E-state index in [4.69, 9.17) is 4.74 Å². The van der Waals surface area contributed by atoms with Crippen LogP contribution in [0.4, 0.5) is 5.69 Å². The molecule has 0 radical (unpaired) electrons. The zero-order valence-electron chi connectivity index (χ0n) is 16.3. The summed E-state index contributed by atoms with van der Waals surface area (Å²) >= 11 is 1.01. The van der Waals surface area contributed by atoms with Crippen LogP contribution in [0.1, 0.15) is 14.8 Å². The van der Waals surface area contributed by atoms with Gasteiger partial charge < -0.3 is 10.1 Å². The minimum Gasteiger partial charge on any atom is -0.497 e. The Kier molecular flexibility index (Phi) is 5.89. The number of nitrogens with one attached hydrogen (secondary N) is 2. The van der Waals surface area contributed by atoms with Crippen molar-refractivity contribution < 1.29 is 17.9 Å². The number of pyridine rings is 1. The molecular formula is C20H17N5O4S2. The van der Waals surface area contributed by atoms with Gasteiger partial charge in [-0.1, -0.05) is 29.5 Å². The number of rotatable bonds is 7. The fraction of sp³-hybridized carbons (Fsp3) is 0.100. The molecule has 0 saturated heterocycles. The molecule has 1 amide bonds. The van der Waals surface area contributed by atoms with E-state index >= 15 is 0 Å². The Labute approximate surface area is 182 Å². The van der Waals surface area contributed by atoms with Crippen molar-refractivity contribution in [2.45, 2.75) is 11.4 Å². The minimum atomic E-state index is -3.84. The Morgan fingerprint density at radius 3 is 2.61 bits per heavy atom. The van der Waals surface area contributed by atoms with Crippen LogP contribution in [0.2, 0.25) is 0 Å². The minimum absolute atomic E-state index is 0.0765. The van der Waals surface area contributed by atoms with Crippen molar-refractivity contribution >= 4 is 43.9 Å². The molecule has 0 atom stereocenters. The van der Waals surface area contributed by atoms with Gasteiger partial charge in [-0.15, -0.1) is 10.2 Å². The van der Waals surface area contributed by atoms with Crippen LogP contribution in [0.25, 0.3) is 10.9 Å². The summed E-state index contributed by atoms with van der Waals surface area (Å²) in [5, 5.41) is 11.7. The van der Waals surface area contributed by atoms with E-state index < -0.39 is 15.9 Å². The first-order valence-electron chi connectivity index (χ1n) is 9.07. The molecule has 0 bridgehead atoms. The lowest BCUT2D eigenvalue weighted by atomic mass is 10.2. The average molecular weight is 456 g/mol. The third-order valence-corrected chi connectivity index (χ3v) is 6.66. The number of carbonyl (C=O) groups excluding carboxylic acids is 1. The second-order valence-corrected chi connectivity index (χ2v) is 9.14. The maximum atomic E-state index is 12.8. The maximum absolute atomic E-state index is 12.8. The number of aromatic nitrogens is 3. The molecule has 158 valence electrons. The van der Waals surface area contributed by atoms with E-state index in [1.807, 2.05) is 0 Å². The van der Waals surface area contributed by atoms with Crippen molar-refractivity contribution in [3.05, 3.63) is 70.8 Å². The number of benzene rings is 2. The molecule has 2 heterocycles. The van der Waals surface area contributed by atoms with Gasteiger partial charge in [0.15, 0.2) is 0 Å². The van der Waals surface area contributed by atoms with E-state index in [-0.39, 0.29) is 16.4 Å². The van der Waals surface area contributed by atoms with Gasteiger partial charge in [0.25, 0.3) is 5.91 Å². The number of sulfonamides is 1. The summed E-state index contributed by atoms with van der Waals surface area (Å²) in [6.45, 7) is -0.0982. The van der Waals surface area contributed by atoms with Crippen LogP contribution >= 0.6 is 11.3 Å². The van der Waals surface area contributed by atoms with Crippen LogP contribution in [-0.4, -0.2) is 36.6 Å². The van der Waals surface area contributed by atoms with E-state index in [1.54, 1.807) is 61.8 Å². The highest BCUT2D eigenvalue weighted by atomic mass is 32.2. The van der Waals surface area contributed by atoms with Crippen LogP contribution in [0, 0.1) is 0 Å². The lowest BCUT2D eigenvalue weighted by Crippen LogP contribution is -2.23. The van der Waals surface area contributed by atoms with Gasteiger partial charge in [-0.3, -0.25) is 9.78 Å². The molecule has 0 aliphatic carbocycles. The largest absolute Gasteiger partial charge is 0.497 e.